The maximum Gasteiger partial charge on any atom is 0.247 e. The molecule has 0 fully saturated rings. The molecule has 1 unspecified atom stereocenters. The topological polar surface area (TPSA) is 54.0 Å². The van der Waals surface area contributed by atoms with E-state index >= 15 is 0 Å². The number of thioether (sulfide) groups is 1. The van der Waals surface area contributed by atoms with Crippen molar-refractivity contribution in [1.29, 1.82) is 0 Å². The van der Waals surface area contributed by atoms with Gasteiger partial charge in [-0.25, -0.2) is 4.98 Å². The smallest absolute Gasteiger partial charge is 0.247 e. The predicted octanol–water partition coefficient (Wildman–Crippen LogP) is 1.83. The summed E-state index contributed by atoms with van der Waals surface area (Å²) < 4.78 is 0. The van der Waals surface area contributed by atoms with Gasteiger partial charge in [0.1, 0.15) is 11.2 Å². The molecule has 2 rings (SSSR count). The first kappa shape index (κ1) is 10.6. The molecule has 2 N–H and O–H groups in total. The Labute approximate surface area is 96.8 Å². The minimum absolute atomic E-state index is 0.0269. The first-order chi connectivity index (χ1) is 7.20. The van der Waals surface area contributed by atoms with Crippen molar-refractivity contribution in [2.45, 2.75) is 6.04 Å². The fraction of sp³-hybridized carbons (Fsp3) is 0.333. The van der Waals surface area contributed by atoms with Crippen LogP contribution in [-0.4, -0.2) is 28.9 Å². The molecule has 0 radical (unpaired) electrons. The molecule has 80 valence electrons. The molecule has 0 saturated heterocycles. The Hall–Kier alpha value is -0.940. The van der Waals surface area contributed by atoms with Gasteiger partial charge in [0.05, 0.1) is 5.69 Å². The Kier molecular flexibility index (Phi) is 3.02. The van der Waals surface area contributed by atoms with Gasteiger partial charge in [-0.05, 0) is 18.4 Å². The highest BCUT2D eigenvalue weighted by atomic mass is 35.5. The molecule has 1 atom stereocenters. The van der Waals surface area contributed by atoms with E-state index in [1.807, 2.05) is 6.26 Å². The summed E-state index contributed by atoms with van der Waals surface area (Å²) >= 11 is 7.38. The summed E-state index contributed by atoms with van der Waals surface area (Å²) in [6.07, 6.45) is 1.95. The molecule has 15 heavy (non-hydrogen) atoms. The molecule has 0 saturated carbocycles. The van der Waals surface area contributed by atoms with Gasteiger partial charge in [-0.15, -0.1) is 0 Å². The third kappa shape index (κ3) is 2.18. The summed E-state index contributed by atoms with van der Waals surface area (Å²) in [6.45, 7) is 0. The quantitative estimate of drug-likeness (QED) is 0.779. The average molecular weight is 244 g/mol. The van der Waals surface area contributed by atoms with E-state index in [-0.39, 0.29) is 11.9 Å². The second-order valence-corrected chi connectivity index (χ2v) is 4.47. The average Bonchev–Trinajstić information content (AvgIpc) is 2.20. The van der Waals surface area contributed by atoms with Crippen LogP contribution in [0.4, 0.5) is 11.5 Å². The highest BCUT2D eigenvalue weighted by molar-refractivity contribution is 7.98. The van der Waals surface area contributed by atoms with E-state index in [0.29, 0.717) is 22.4 Å². The molecule has 0 bridgehead atoms. The predicted molar refractivity (Wildman–Crippen MR) is 63.7 cm³/mol. The Bertz CT molecular complexity index is 399. The molecule has 0 aliphatic carbocycles. The molecule has 1 aliphatic heterocycles. The third-order valence-corrected chi connectivity index (χ3v) is 2.96. The number of nitrogens with zero attached hydrogens (tertiary/aromatic N) is 1. The lowest BCUT2D eigenvalue weighted by atomic mass is 10.2. The van der Waals surface area contributed by atoms with Crippen molar-refractivity contribution in [3.05, 3.63) is 17.3 Å². The summed E-state index contributed by atoms with van der Waals surface area (Å²) in [7, 11) is 0. The monoisotopic (exact) mass is 243 g/mol. The highest BCUT2D eigenvalue weighted by Crippen LogP contribution is 2.26. The summed E-state index contributed by atoms with van der Waals surface area (Å²) in [6, 6.07) is 3.15. The van der Waals surface area contributed by atoms with E-state index in [0.717, 1.165) is 0 Å². The van der Waals surface area contributed by atoms with Crippen LogP contribution in [0.3, 0.4) is 0 Å². The molecular weight excluding hydrogens is 234 g/mol. The van der Waals surface area contributed by atoms with E-state index in [1.54, 1.807) is 23.9 Å². The lowest BCUT2D eigenvalue weighted by Crippen LogP contribution is -2.40. The van der Waals surface area contributed by atoms with Crippen LogP contribution in [0.5, 0.6) is 0 Å². The largest absolute Gasteiger partial charge is 0.356 e. The molecule has 2 heterocycles. The van der Waals surface area contributed by atoms with E-state index in [4.69, 9.17) is 11.6 Å². The zero-order chi connectivity index (χ0) is 10.8. The van der Waals surface area contributed by atoms with Gasteiger partial charge in [0, 0.05) is 5.75 Å². The summed E-state index contributed by atoms with van der Waals surface area (Å²) in [4.78, 5) is 15.7. The minimum Gasteiger partial charge on any atom is -0.356 e. The number of aromatic nitrogens is 1. The lowest BCUT2D eigenvalue weighted by molar-refractivity contribution is -0.116. The SMILES string of the molecule is CSCC1Nc2nc(Cl)ccc2NC1=O. The Morgan fingerprint density at radius 3 is 3.13 bits per heavy atom. The van der Waals surface area contributed by atoms with Crippen molar-refractivity contribution in [1.82, 2.24) is 4.98 Å². The number of amides is 1. The van der Waals surface area contributed by atoms with Gasteiger partial charge in [0.15, 0.2) is 5.82 Å². The Morgan fingerprint density at radius 2 is 2.40 bits per heavy atom. The van der Waals surface area contributed by atoms with Crippen LogP contribution in [0, 0.1) is 0 Å². The molecule has 1 aliphatic rings. The maximum atomic E-state index is 11.6. The molecule has 1 aromatic heterocycles. The molecule has 1 amide bonds. The first-order valence-electron chi connectivity index (χ1n) is 4.43. The molecule has 0 spiro atoms. The highest BCUT2D eigenvalue weighted by Gasteiger charge is 2.25. The minimum atomic E-state index is -0.238. The number of pyridine rings is 1. The number of carbonyl (C=O) groups excluding carboxylic acids is 1. The van der Waals surface area contributed by atoms with Gasteiger partial charge < -0.3 is 10.6 Å². The molecule has 1 aromatic rings. The first-order valence-corrected chi connectivity index (χ1v) is 6.21. The fourth-order valence-corrected chi connectivity index (χ4v) is 2.10. The van der Waals surface area contributed by atoms with Gasteiger partial charge >= 0.3 is 0 Å². The number of anilines is 2. The maximum absolute atomic E-state index is 11.6. The van der Waals surface area contributed by atoms with Crippen molar-refractivity contribution in [2.24, 2.45) is 0 Å². The molecular formula is C9H10ClN3OS. The van der Waals surface area contributed by atoms with E-state index < -0.39 is 0 Å². The van der Waals surface area contributed by atoms with E-state index in [9.17, 15) is 4.79 Å². The van der Waals surface area contributed by atoms with Crippen molar-refractivity contribution in [3.63, 3.8) is 0 Å². The molecule has 4 nitrogen and oxygen atoms in total. The second kappa shape index (κ2) is 4.28. The van der Waals surface area contributed by atoms with Gasteiger partial charge in [-0.2, -0.15) is 11.8 Å². The summed E-state index contributed by atoms with van der Waals surface area (Å²) in [5, 5.41) is 6.26. The fourth-order valence-electron chi connectivity index (χ4n) is 1.38. The number of hydrogen-bond donors (Lipinski definition) is 2. The van der Waals surface area contributed by atoms with Crippen LogP contribution < -0.4 is 10.6 Å². The van der Waals surface area contributed by atoms with Crippen molar-refractivity contribution in [3.8, 4) is 0 Å². The van der Waals surface area contributed by atoms with Crippen LogP contribution in [0.25, 0.3) is 0 Å². The van der Waals surface area contributed by atoms with Crippen LogP contribution in [0.15, 0.2) is 12.1 Å². The van der Waals surface area contributed by atoms with Gasteiger partial charge in [-0.3, -0.25) is 4.79 Å². The number of hydrogen-bond acceptors (Lipinski definition) is 4. The van der Waals surface area contributed by atoms with Gasteiger partial charge in [-0.1, -0.05) is 11.6 Å². The number of fused-ring (bicyclic) bond motifs is 1. The van der Waals surface area contributed by atoms with Gasteiger partial charge in [0.25, 0.3) is 0 Å². The van der Waals surface area contributed by atoms with Crippen LogP contribution in [-0.2, 0) is 4.79 Å². The zero-order valence-corrected chi connectivity index (χ0v) is 9.65. The van der Waals surface area contributed by atoms with Crippen LogP contribution in [0.1, 0.15) is 0 Å². The summed E-state index contributed by atoms with van der Waals surface area (Å²) in [5.41, 5.74) is 0.682. The van der Waals surface area contributed by atoms with Gasteiger partial charge in [0.2, 0.25) is 5.91 Å². The Balaban J connectivity index is 2.26. The lowest BCUT2D eigenvalue weighted by Gasteiger charge is -2.25. The second-order valence-electron chi connectivity index (χ2n) is 3.17. The van der Waals surface area contributed by atoms with Crippen molar-refractivity contribution < 1.29 is 4.79 Å². The van der Waals surface area contributed by atoms with E-state index in [2.05, 4.69) is 15.6 Å². The molecule has 0 aromatic carbocycles. The van der Waals surface area contributed by atoms with Crippen molar-refractivity contribution >= 4 is 40.8 Å². The Morgan fingerprint density at radius 1 is 1.60 bits per heavy atom. The van der Waals surface area contributed by atoms with Crippen LogP contribution in [0.2, 0.25) is 5.15 Å². The van der Waals surface area contributed by atoms with Crippen LogP contribution >= 0.6 is 23.4 Å². The molecule has 6 heteroatoms. The third-order valence-electron chi connectivity index (χ3n) is 2.08. The number of nitrogens with one attached hydrogen (secondary N) is 2. The number of rotatable bonds is 2. The zero-order valence-electron chi connectivity index (χ0n) is 8.08. The normalized spacial score (nSPS) is 19.1. The number of halogens is 1. The van der Waals surface area contributed by atoms with Crippen molar-refractivity contribution in [2.75, 3.05) is 22.6 Å². The standard InChI is InChI=1S/C9H10ClN3OS/c1-15-4-6-9(14)12-5-2-3-7(10)13-8(5)11-6/h2-3,6H,4H2,1H3,(H,11,13)(H,12,14). The number of carbonyl (C=O) groups is 1. The van der Waals surface area contributed by atoms with E-state index in [1.165, 1.54) is 0 Å². The summed E-state index contributed by atoms with van der Waals surface area (Å²) in [5.74, 6) is 1.32.